The third-order valence-corrected chi connectivity index (χ3v) is 4.07. The van der Waals surface area contributed by atoms with E-state index in [1.807, 2.05) is 40.7 Å². The van der Waals surface area contributed by atoms with Crippen molar-refractivity contribution in [3.63, 3.8) is 0 Å². The first-order valence-corrected chi connectivity index (χ1v) is 6.67. The second-order valence-corrected chi connectivity index (χ2v) is 6.34. The van der Waals surface area contributed by atoms with Gasteiger partial charge in [-0.1, -0.05) is 17.7 Å². The van der Waals surface area contributed by atoms with E-state index in [-0.39, 0.29) is 0 Å². The van der Waals surface area contributed by atoms with Gasteiger partial charge in [-0.15, -0.1) is 0 Å². The highest BCUT2D eigenvalue weighted by Gasteiger charge is 2.51. The maximum absolute atomic E-state index is 11.3. The molecule has 19 heavy (non-hydrogen) atoms. The van der Waals surface area contributed by atoms with E-state index in [1.165, 1.54) is 0 Å². The van der Waals surface area contributed by atoms with Crippen molar-refractivity contribution in [1.82, 2.24) is 0 Å². The maximum Gasteiger partial charge on any atom is 0.494 e. The molecule has 0 atom stereocenters. The van der Waals surface area contributed by atoms with Gasteiger partial charge in [-0.3, -0.25) is 4.79 Å². The third kappa shape index (κ3) is 2.71. The van der Waals surface area contributed by atoms with Crippen LogP contribution in [0, 0.1) is 6.92 Å². The summed E-state index contributed by atoms with van der Waals surface area (Å²) in [6.07, 6.45) is 0. The summed E-state index contributed by atoms with van der Waals surface area (Å²) in [7, 11) is -0.473. The van der Waals surface area contributed by atoms with Gasteiger partial charge in [0.1, 0.15) is 0 Å². The quantitative estimate of drug-likeness (QED) is 0.617. The van der Waals surface area contributed by atoms with Crippen LogP contribution in [0.3, 0.4) is 0 Å². The van der Waals surface area contributed by atoms with Gasteiger partial charge in [0.25, 0.3) is 5.24 Å². The van der Waals surface area contributed by atoms with Crippen molar-refractivity contribution in [2.45, 2.75) is 45.8 Å². The normalized spacial score (nSPS) is 20.6. The van der Waals surface area contributed by atoms with Gasteiger partial charge < -0.3 is 9.31 Å². The molecule has 1 saturated heterocycles. The summed E-state index contributed by atoms with van der Waals surface area (Å²) < 4.78 is 11.9. The van der Waals surface area contributed by atoms with Crippen LogP contribution >= 0.6 is 11.6 Å². The molecule has 0 unspecified atom stereocenters. The monoisotopic (exact) mass is 280 g/mol. The number of aryl methyl sites for hydroxylation is 1. The largest absolute Gasteiger partial charge is 0.494 e. The molecule has 0 saturated carbocycles. The maximum atomic E-state index is 11.3. The average molecular weight is 281 g/mol. The lowest BCUT2D eigenvalue weighted by molar-refractivity contribution is 0.00578. The first-order chi connectivity index (χ1) is 8.62. The molecule has 1 aliphatic rings. The van der Waals surface area contributed by atoms with E-state index in [2.05, 4.69) is 0 Å². The Morgan fingerprint density at radius 3 is 2.11 bits per heavy atom. The van der Waals surface area contributed by atoms with E-state index >= 15 is 0 Å². The molecule has 2 rings (SSSR count). The molecular formula is C14H18BClO3. The molecule has 1 aliphatic heterocycles. The highest BCUT2D eigenvalue weighted by atomic mass is 35.5. The Labute approximate surface area is 119 Å². The van der Waals surface area contributed by atoms with Crippen molar-refractivity contribution in [1.29, 1.82) is 0 Å². The number of benzene rings is 1. The number of carbonyl (C=O) groups is 1. The summed E-state index contributed by atoms with van der Waals surface area (Å²) in [6, 6.07) is 5.43. The van der Waals surface area contributed by atoms with E-state index in [1.54, 1.807) is 12.1 Å². The van der Waals surface area contributed by atoms with Crippen molar-refractivity contribution >= 4 is 29.4 Å². The molecule has 0 bridgehead atoms. The lowest BCUT2D eigenvalue weighted by Gasteiger charge is -2.32. The molecule has 0 amide bonds. The zero-order chi connectivity index (χ0) is 14.4. The van der Waals surface area contributed by atoms with Gasteiger partial charge in [-0.05, 0) is 57.7 Å². The van der Waals surface area contributed by atoms with Gasteiger partial charge in [-0.2, -0.15) is 0 Å². The summed E-state index contributed by atoms with van der Waals surface area (Å²) >= 11 is 5.55. The van der Waals surface area contributed by atoms with Gasteiger partial charge in [0.15, 0.2) is 0 Å². The molecule has 0 aromatic heterocycles. The van der Waals surface area contributed by atoms with Crippen molar-refractivity contribution in [3.8, 4) is 0 Å². The number of rotatable bonds is 2. The van der Waals surface area contributed by atoms with Gasteiger partial charge in [0.2, 0.25) is 0 Å². The minimum absolute atomic E-state index is 0.396. The minimum atomic E-state index is -0.473. The fourth-order valence-corrected chi connectivity index (χ4v) is 2.15. The van der Waals surface area contributed by atoms with Gasteiger partial charge >= 0.3 is 7.12 Å². The Morgan fingerprint density at radius 1 is 1.11 bits per heavy atom. The van der Waals surface area contributed by atoms with E-state index in [0.717, 1.165) is 11.0 Å². The smallest absolute Gasteiger partial charge is 0.399 e. The molecule has 0 N–H and O–H groups in total. The molecule has 0 radical (unpaired) electrons. The fourth-order valence-electron chi connectivity index (χ4n) is 2.04. The highest BCUT2D eigenvalue weighted by molar-refractivity contribution is 6.68. The number of hydrogen-bond acceptors (Lipinski definition) is 3. The second kappa shape index (κ2) is 4.62. The van der Waals surface area contributed by atoms with Gasteiger partial charge in [0, 0.05) is 5.56 Å². The summed E-state index contributed by atoms with van der Waals surface area (Å²) in [5, 5.41) is -0.471. The molecule has 1 aromatic carbocycles. The Bertz CT molecular complexity index is 509. The van der Waals surface area contributed by atoms with Crippen LogP contribution in [0.5, 0.6) is 0 Å². The molecular weight excluding hydrogens is 262 g/mol. The van der Waals surface area contributed by atoms with E-state index in [4.69, 9.17) is 20.9 Å². The summed E-state index contributed by atoms with van der Waals surface area (Å²) in [6.45, 7) is 9.90. The van der Waals surface area contributed by atoms with Crippen molar-refractivity contribution in [2.24, 2.45) is 0 Å². The van der Waals surface area contributed by atoms with Crippen LogP contribution in [0.2, 0.25) is 0 Å². The second-order valence-electron chi connectivity index (χ2n) is 5.99. The SMILES string of the molecule is Cc1cc(B2OC(C)(C)C(C)(C)O2)cc(C(=O)Cl)c1. The molecule has 0 spiro atoms. The number of carbonyl (C=O) groups excluding carboxylic acids is 1. The first kappa shape index (κ1) is 14.6. The molecule has 0 aliphatic carbocycles. The highest BCUT2D eigenvalue weighted by Crippen LogP contribution is 2.36. The van der Waals surface area contributed by atoms with Crippen LogP contribution in [-0.4, -0.2) is 23.6 Å². The average Bonchev–Trinajstić information content (AvgIpc) is 2.47. The van der Waals surface area contributed by atoms with E-state index in [9.17, 15) is 4.79 Å². The lowest BCUT2D eigenvalue weighted by Crippen LogP contribution is -2.41. The predicted molar refractivity (Wildman–Crippen MR) is 77.1 cm³/mol. The van der Waals surface area contributed by atoms with E-state index in [0.29, 0.717) is 5.56 Å². The Morgan fingerprint density at radius 2 is 1.63 bits per heavy atom. The summed E-state index contributed by atoms with van der Waals surface area (Å²) in [5.41, 5.74) is 1.45. The van der Waals surface area contributed by atoms with Crippen LogP contribution in [-0.2, 0) is 9.31 Å². The van der Waals surface area contributed by atoms with Crippen LogP contribution in [0.25, 0.3) is 0 Å². The minimum Gasteiger partial charge on any atom is -0.399 e. The zero-order valence-corrected chi connectivity index (χ0v) is 12.7. The first-order valence-electron chi connectivity index (χ1n) is 6.29. The summed E-state index contributed by atoms with van der Waals surface area (Å²) in [5.74, 6) is 0. The standard InChI is InChI=1S/C14H18BClO3/c1-9-6-10(12(16)17)8-11(7-9)15-18-13(2,3)14(4,5)19-15/h6-8H,1-5H3. The molecule has 5 heteroatoms. The van der Waals surface area contributed by atoms with Crippen LogP contribution in [0.4, 0.5) is 0 Å². The Hall–Kier alpha value is -0.835. The van der Waals surface area contributed by atoms with Crippen molar-refractivity contribution in [2.75, 3.05) is 0 Å². The molecule has 102 valence electrons. The molecule has 1 aromatic rings. The molecule has 1 fully saturated rings. The van der Waals surface area contributed by atoms with Crippen LogP contribution in [0.15, 0.2) is 18.2 Å². The van der Waals surface area contributed by atoms with Crippen LogP contribution < -0.4 is 5.46 Å². The summed E-state index contributed by atoms with van der Waals surface area (Å²) in [4.78, 5) is 11.3. The predicted octanol–water partition coefficient (Wildman–Crippen LogP) is 2.67. The number of halogens is 1. The Balaban J connectivity index is 2.37. The van der Waals surface area contributed by atoms with E-state index < -0.39 is 23.6 Å². The number of hydrogen-bond donors (Lipinski definition) is 0. The molecule has 1 heterocycles. The zero-order valence-electron chi connectivity index (χ0n) is 11.9. The van der Waals surface area contributed by atoms with Crippen molar-refractivity contribution < 1.29 is 14.1 Å². The van der Waals surface area contributed by atoms with Crippen molar-refractivity contribution in [3.05, 3.63) is 29.3 Å². The van der Waals surface area contributed by atoms with Gasteiger partial charge in [-0.25, -0.2) is 0 Å². The third-order valence-electron chi connectivity index (χ3n) is 3.85. The fraction of sp³-hybridized carbons (Fsp3) is 0.500. The lowest BCUT2D eigenvalue weighted by atomic mass is 9.77. The topological polar surface area (TPSA) is 35.5 Å². The van der Waals surface area contributed by atoms with Gasteiger partial charge in [0.05, 0.1) is 11.2 Å². The molecule has 3 nitrogen and oxygen atoms in total. The Kier molecular flexibility index (Phi) is 3.54. The van der Waals surface area contributed by atoms with Crippen LogP contribution in [0.1, 0.15) is 43.6 Å².